The molecule has 0 aromatic rings. The van der Waals surface area contributed by atoms with E-state index in [9.17, 15) is 4.79 Å². The number of likely N-dealkylation sites (N-methyl/N-ethyl adjacent to an activating group) is 1. The van der Waals surface area contributed by atoms with Crippen molar-refractivity contribution in [3.63, 3.8) is 0 Å². The standard InChI is InChI=1S/C18H36N4O2.HI/c1-14(9-10-18(2,3)4)21-17(20-13-16(23)22(5)6)19-12-15-8-7-11-24-15;/h14-15H,7-13H2,1-6H3,(H2,19,20,21);1H. The summed E-state index contributed by atoms with van der Waals surface area (Å²) in [5.41, 5.74) is 0.319. The first-order valence-corrected chi connectivity index (χ1v) is 9.04. The van der Waals surface area contributed by atoms with E-state index in [1.54, 1.807) is 19.0 Å². The molecule has 2 atom stereocenters. The Morgan fingerprint density at radius 1 is 1.36 bits per heavy atom. The summed E-state index contributed by atoms with van der Waals surface area (Å²) < 4.78 is 5.64. The second kappa shape index (κ2) is 11.9. The van der Waals surface area contributed by atoms with Gasteiger partial charge in [-0.15, -0.1) is 24.0 Å². The Hall–Kier alpha value is -0.570. The van der Waals surface area contributed by atoms with Gasteiger partial charge in [0.2, 0.25) is 5.91 Å². The van der Waals surface area contributed by atoms with Gasteiger partial charge in [-0.3, -0.25) is 4.79 Å². The number of hydrogen-bond donors (Lipinski definition) is 2. The molecule has 0 radical (unpaired) electrons. The molecule has 1 amide bonds. The number of aliphatic imine (C=N–C) groups is 1. The third kappa shape index (κ3) is 11.6. The quantitative estimate of drug-likeness (QED) is 0.343. The lowest BCUT2D eigenvalue weighted by molar-refractivity contribution is -0.127. The highest BCUT2D eigenvalue weighted by Crippen LogP contribution is 2.21. The topological polar surface area (TPSA) is 66.0 Å². The summed E-state index contributed by atoms with van der Waals surface area (Å²) >= 11 is 0. The van der Waals surface area contributed by atoms with Crippen LogP contribution >= 0.6 is 24.0 Å². The molecule has 0 aromatic carbocycles. The third-order valence-corrected chi connectivity index (χ3v) is 4.10. The molecule has 0 aromatic heterocycles. The number of guanidine groups is 1. The van der Waals surface area contributed by atoms with Crippen molar-refractivity contribution >= 4 is 35.8 Å². The first kappa shape index (κ1) is 24.4. The normalized spacial score (nSPS) is 19.1. The van der Waals surface area contributed by atoms with E-state index in [1.807, 2.05) is 0 Å². The molecule has 0 bridgehead atoms. The summed E-state index contributed by atoms with van der Waals surface area (Å²) in [7, 11) is 3.49. The minimum absolute atomic E-state index is 0. The Kier molecular flexibility index (Phi) is 11.7. The molecule has 25 heavy (non-hydrogen) atoms. The van der Waals surface area contributed by atoms with Crippen LogP contribution in [0.5, 0.6) is 0 Å². The SMILES string of the molecule is CC(CCC(C)(C)C)NC(=NCC(=O)N(C)C)NCC1CCCO1.I. The fourth-order valence-electron chi connectivity index (χ4n) is 2.41. The Morgan fingerprint density at radius 3 is 2.56 bits per heavy atom. The van der Waals surface area contributed by atoms with Crippen LogP contribution in [0.2, 0.25) is 0 Å². The molecule has 0 saturated carbocycles. The van der Waals surface area contributed by atoms with E-state index in [-0.39, 0.29) is 42.5 Å². The summed E-state index contributed by atoms with van der Waals surface area (Å²) in [5, 5.41) is 6.75. The Labute approximate surface area is 170 Å². The van der Waals surface area contributed by atoms with E-state index < -0.39 is 0 Å². The molecule has 2 unspecified atom stereocenters. The van der Waals surface area contributed by atoms with E-state index in [4.69, 9.17) is 4.74 Å². The van der Waals surface area contributed by atoms with Crippen LogP contribution in [0.4, 0.5) is 0 Å². The summed E-state index contributed by atoms with van der Waals surface area (Å²) in [5.74, 6) is 0.692. The Bertz CT molecular complexity index is 416. The lowest BCUT2D eigenvalue weighted by Gasteiger charge is -2.24. The maximum atomic E-state index is 11.8. The highest BCUT2D eigenvalue weighted by molar-refractivity contribution is 14.0. The molecule has 1 rings (SSSR count). The second-order valence-electron chi connectivity index (χ2n) is 8.11. The van der Waals surface area contributed by atoms with Crippen molar-refractivity contribution < 1.29 is 9.53 Å². The van der Waals surface area contributed by atoms with Gasteiger partial charge in [-0.2, -0.15) is 0 Å². The number of halogens is 1. The van der Waals surface area contributed by atoms with Gasteiger partial charge in [0.05, 0.1) is 6.10 Å². The molecule has 1 aliphatic heterocycles. The average Bonchev–Trinajstić information content (AvgIpc) is 3.00. The number of hydrogen-bond acceptors (Lipinski definition) is 3. The molecule has 0 spiro atoms. The first-order chi connectivity index (χ1) is 11.2. The predicted molar refractivity (Wildman–Crippen MR) is 115 cm³/mol. The minimum Gasteiger partial charge on any atom is -0.376 e. The molecule has 1 aliphatic rings. The van der Waals surface area contributed by atoms with E-state index in [0.29, 0.717) is 17.4 Å². The average molecular weight is 468 g/mol. The van der Waals surface area contributed by atoms with Crippen molar-refractivity contribution in [3.05, 3.63) is 0 Å². The van der Waals surface area contributed by atoms with Crippen molar-refractivity contribution in [3.8, 4) is 0 Å². The zero-order valence-electron chi connectivity index (χ0n) is 16.7. The van der Waals surface area contributed by atoms with Gasteiger partial charge in [0, 0.05) is 33.3 Å². The van der Waals surface area contributed by atoms with Crippen molar-refractivity contribution in [2.24, 2.45) is 10.4 Å². The summed E-state index contributed by atoms with van der Waals surface area (Å²) in [4.78, 5) is 17.8. The van der Waals surface area contributed by atoms with Gasteiger partial charge in [-0.25, -0.2) is 4.99 Å². The first-order valence-electron chi connectivity index (χ1n) is 9.04. The molecule has 6 nitrogen and oxygen atoms in total. The van der Waals surface area contributed by atoms with Gasteiger partial charge in [0.1, 0.15) is 6.54 Å². The zero-order valence-corrected chi connectivity index (χ0v) is 19.1. The monoisotopic (exact) mass is 468 g/mol. The van der Waals surface area contributed by atoms with E-state index in [2.05, 4.69) is 43.3 Å². The van der Waals surface area contributed by atoms with Crippen LogP contribution in [0.15, 0.2) is 4.99 Å². The number of rotatable bonds is 7. The van der Waals surface area contributed by atoms with Crippen LogP contribution in [0.3, 0.4) is 0 Å². The fraction of sp³-hybridized carbons (Fsp3) is 0.889. The molecular weight excluding hydrogens is 431 g/mol. The van der Waals surface area contributed by atoms with Gasteiger partial charge in [0.15, 0.2) is 5.96 Å². The van der Waals surface area contributed by atoms with Crippen LogP contribution in [0, 0.1) is 5.41 Å². The number of carbonyl (C=O) groups is 1. The summed E-state index contributed by atoms with van der Waals surface area (Å²) in [6.45, 7) is 10.6. The number of amides is 1. The molecule has 1 fully saturated rings. The number of ether oxygens (including phenoxy) is 1. The van der Waals surface area contributed by atoms with Crippen LogP contribution < -0.4 is 10.6 Å². The largest absolute Gasteiger partial charge is 0.376 e. The maximum absolute atomic E-state index is 11.8. The van der Waals surface area contributed by atoms with E-state index in [1.165, 1.54) is 0 Å². The molecule has 1 heterocycles. The molecule has 148 valence electrons. The van der Waals surface area contributed by atoms with E-state index in [0.717, 1.165) is 38.8 Å². The molecular formula is C18H37IN4O2. The van der Waals surface area contributed by atoms with Crippen LogP contribution in [-0.2, 0) is 9.53 Å². The third-order valence-electron chi connectivity index (χ3n) is 4.10. The molecule has 2 N–H and O–H groups in total. The van der Waals surface area contributed by atoms with Gasteiger partial charge >= 0.3 is 0 Å². The highest BCUT2D eigenvalue weighted by Gasteiger charge is 2.17. The fourth-order valence-corrected chi connectivity index (χ4v) is 2.41. The van der Waals surface area contributed by atoms with E-state index >= 15 is 0 Å². The van der Waals surface area contributed by atoms with Crippen LogP contribution in [0.25, 0.3) is 0 Å². The number of carbonyl (C=O) groups excluding carboxylic acids is 1. The van der Waals surface area contributed by atoms with Gasteiger partial charge in [0.25, 0.3) is 0 Å². The number of nitrogens with one attached hydrogen (secondary N) is 2. The lowest BCUT2D eigenvalue weighted by atomic mass is 9.89. The lowest BCUT2D eigenvalue weighted by Crippen LogP contribution is -2.45. The van der Waals surface area contributed by atoms with Crippen molar-refractivity contribution in [1.82, 2.24) is 15.5 Å². The maximum Gasteiger partial charge on any atom is 0.243 e. The number of nitrogens with zero attached hydrogens (tertiary/aromatic N) is 2. The summed E-state index contributed by atoms with van der Waals surface area (Å²) in [6, 6.07) is 0.300. The summed E-state index contributed by atoms with van der Waals surface area (Å²) in [6.07, 6.45) is 4.64. The Balaban J connectivity index is 0.00000576. The second-order valence-corrected chi connectivity index (χ2v) is 8.11. The highest BCUT2D eigenvalue weighted by atomic mass is 127. The predicted octanol–water partition coefficient (Wildman–Crippen LogP) is 2.62. The van der Waals surface area contributed by atoms with Crippen molar-refractivity contribution in [2.45, 2.75) is 65.5 Å². The van der Waals surface area contributed by atoms with Crippen LogP contribution in [-0.4, -0.2) is 62.7 Å². The Morgan fingerprint density at radius 2 is 2.04 bits per heavy atom. The molecule has 7 heteroatoms. The zero-order chi connectivity index (χ0) is 18.2. The van der Waals surface area contributed by atoms with Crippen LogP contribution in [0.1, 0.15) is 53.4 Å². The smallest absolute Gasteiger partial charge is 0.243 e. The molecule has 1 saturated heterocycles. The van der Waals surface area contributed by atoms with Gasteiger partial charge < -0.3 is 20.3 Å². The van der Waals surface area contributed by atoms with Gasteiger partial charge in [-0.05, 0) is 38.0 Å². The van der Waals surface area contributed by atoms with Crippen molar-refractivity contribution in [1.29, 1.82) is 0 Å². The minimum atomic E-state index is -0.00411. The van der Waals surface area contributed by atoms with Gasteiger partial charge in [-0.1, -0.05) is 20.8 Å². The molecule has 0 aliphatic carbocycles. The van der Waals surface area contributed by atoms with Crippen molar-refractivity contribution in [2.75, 3.05) is 33.8 Å².